The number of carbonyl (C=O) groups excluding carboxylic acids is 2. The van der Waals surface area contributed by atoms with Gasteiger partial charge in [-0.2, -0.15) is 0 Å². The van der Waals surface area contributed by atoms with Crippen molar-refractivity contribution in [2.45, 2.75) is 82.3 Å². The molecule has 13 N–H and O–H groups in total. The van der Waals surface area contributed by atoms with Crippen LogP contribution in [0.5, 0.6) is 0 Å². The van der Waals surface area contributed by atoms with E-state index in [1.54, 1.807) is 0 Å². The maximum atomic E-state index is 12.4. The lowest BCUT2D eigenvalue weighted by molar-refractivity contribution is -0.138. The van der Waals surface area contributed by atoms with E-state index in [1.165, 1.54) is 0 Å². The summed E-state index contributed by atoms with van der Waals surface area (Å²) >= 11 is 0. The van der Waals surface area contributed by atoms with E-state index in [9.17, 15) is 14.7 Å². The lowest BCUT2D eigenvalue weighted by atomic mass is 10.1. The molecule has 0 heterocycles. The Morgan fingerprint density at radius 3 is 1.88 bits per heavy atom. The molecule has 0 bridgehead atoms. The van der Waals surface area contributed by atoms with E-state index in [2.05, 4.69) is 10.6 Å². The van der Waals surface area contributed by atoms with Crippen LogP contribution >= 0.6 is 0 Å². The molecular weight excluding hydrogens is 418 g/mol. The van der Waals surface area contributed by atoms with Crippen LogP contribution in [0.15, 0.2) is 0 Å². The van der Waals surface area contributed by atoms with E-state index >= 15 is 0 Å². The first-order valence-corrected chi connectivity index (χ1v) is 11.5. The first-order valence-electron chi connectivity index (χ1n) is 11.5. The molecule has 0 aromatic rings. The molecule has 2 amide bonds. The number of nitrogens with one attached hydrogen (secondary N) is 2. The van der Waals surface area contributed by atoms with Gasteiger partial charge in [-0.3, -0.25) is 10.1 Å². The third-order valence-electron chi connectivity index (χ3n) is 4.93. The molecule has 0 fully saturated rings. The Labute approximate surface area is 191 Å². The molecule has 12 nitrogen and oxygen atoms in total. The summed E-state index contributed by atoms with van der Waals surface area (Å²) in [5.41, 5.74) is 27.5. The van der Waals surface area contributed by atoms with E-state index in [0.717, 1.165) is 38.5 Å². The maximum Gasteiger partial charge on any atom is 0.404 e. The lowest BCUT2D eigenvalue weighted by Gasteiger charge is -2.25. The standard InChI is InChI=1S/C20H45N7O5/c21-10-4-1-7-15(26-18(28)17(24)9-3-6-12-23)14-32-20(30)27-16(8-2-5-11-22)13-31-19(25)29/h15-17,20,27,30H,1-14,21-24H2,(H2,25,29)(H,26,28)/t15-,16-,17-,20?/m1/s1. The minimum Gasteiger partial charge on any atom is -0.448 e. The van der Waals surface area contributed by atoms with Crippen LogP contribution in [0.1, 0.15) is 57.8 Å². The van der Waals surface area contributed by atoms with Crippen LogP contribution in [0.3, 0.4) is 0 Å². The van der Waals surface area contributed by atoms with Gasteiger partial charge in [-0.25, -0.2) is 4.79 Å². The average molecular weight is 464 g/mol. The number of ether oxygens (including phenoxy) is 2. The molecule has 32 heavy (non-hydrogen) atoms. The minimum atomic E-state index is -1.32. The second-order valence-electron chi connectivity index (χ2n) is 7.84. The quantitative estimate of drug-likeness (QED) is 0.0727. The van der Waals surface area contributed by atoms with E-state index in [0.29, 0.717) is 38.9 Å². The molecule has 12 heteroatoms. The number of rotatable bonds is 21. The summed E-state index contributed by atoms with van der Waals surface area (Å²) in [6.45, 7) is 1.73. The van der Waals surface area contributed by atoms with Gasteiger partial charge in [0.2, 0.25) is 12.3 Å². The number of aliphatic hydroxyl groups excluding tert-OH is 1. The Morgan fingerprint density at radius 1 is 0.812 bits per heavy atom. The van der Waals surface area contributed by atoms with Crippen molar-refractivity contribution in [3.8, 4) is 0 Å². The number of primary amides is 1. The molecule has 0 aliphatic heterocycles. The van der Waals surface area contributed by atoms with Crippen molar-refractivity contribution in [1.82, 2.24) is 10.6 Å². The summed E-state index contributed by atoms with van der Waals surface area (Å²) in [5.74, 6) is -0.264. The highest BCUT2D eigenvalue weighted by Gasteiger charge is 2.20. The van der Waals surface area contributed by atoms with Gasteiger partial charge in [0, 0.05) is 6.04 Å². The molecule has 190 valence electrons. The Morgan fingerprint density at radius 2 is 1.34 bits per heavy atom. The molecule has 0 aromatic heterocycles. The van der Waals surface area contributed by atoms with Crippen LogP contribution in [-0.2, 0) is 14.3 Å². The summed E-state index contributed by atoms with van der Waals surface area (Å²) in [5, 5.41) is 16.0. The summed E-state index contributed by atoms with van der Waals surface area (Å²) in [4.78, 5) is 23.3. The minimum absolute atomic E-state index is 0.00531. The van der Waals surface area contributed by atoms with Crippen LogP contribution in [-0.4, -0.2) is 74.5 Å². The Hall–Kier alpha value is -1.54. The van der Waals surface area contributed by atoms with Crippen LogP contribution in [0.4, 0.5) is 4.79 Å². The van der Waals surface area contributed by atoms with E-state index in [1.807, 2.05) is 0 Å². The number of nitrogens with two attached hydrogens (primary N) is 5. The van der Waals surface area contributed by atoms with Gasteiger partial charge in [-0.1, -0.05) is 19.3 Å². The van der Waals surface area contributed by atoms with E-state index in [4.69, 9.17) is 38.1 Å². The molecular formula is C20H45N7O5. The van der Waals surface area contributed by atoms with Crippen molar-refractivity contribution in [3.05, 3.63) is 0 Å². The lowest BCUT2D eigenvalue weighted by Crippen LogP contribution is -2.49. The number of hydrogen-bond donors (Lipinski definition) is 8. The molecule has 0 aliphatic carbocycles. The average Bonchev–Trinajstić information content (AvgIpc) is 2.75. The molecule has 0 saturated carbocycles. The molecule has 0 aromatic carbocycles. The summed E-state index contributed by atoms with van der Waals surface area (Å²) in [7, 11) is 0. The number of aliphatic hydroxyl groups is 1. The van der Waals surface area contributed by atoms with Crippen molar-refractivity contribution in [2.24, 2.45) is 28.7 Å². The zero-order chi connectivity index (χ0) is 24.2. The van der Waals surface area contributed by atoms with Crippen LogP contribution < -0.4 is 39.3 Å². The van der Waals surface area contributed by atoms with Gasteiger partial charge in [-0.05, 0) is 58.2 Å². The van der Waals surface area contributed by atoms with E-state index < -0.39 is 18.5 Å². The monoisotopic (exact) mass is 463 g/mol. The first kappa shape index (κ1) is 30.5. The second-order valence-corrected chi connectivity index (χ2v) is 7.84. The zero-order valence-electron chi connectivity index (χ0n) is 19.2. The topological polar surface area (TPSA) is 227 Å². The van der Waals surface area contributed by atoms with Gasteiger partial charge in [0.05, 0.1) is 18.7 Å². The normalized spacial score (nSPS) is 15.0. The van der Waals surface area contributed by atoms with Gasteiger partial charge < -0.3 is 48.6 Å². The fourth-order valence-electron chi connectivity index (χ4n) is 3.07. The predicted molar refractivity (Wildman–Crippen MR) is 123 cm³/mol. The number of carbonyl (C=O) groups is 2. The number of unbranched alkanes of at least 4 members (excludes halogenated alkanes) is 3. The van der Waals surface area contributed by atoms with Gasteiger partial charge in [0.15, 0.2) is 0 Å². The SMILES string of the molecule is NCCCC[C@H](COC(O)N[C@H](CCCCN)COC(N)=O)NC(=O)[C@H](N)CCCCN. The highest BCUT2D eigenvalue weighted by molar-refractivity contribution is 5.81. The molecule has 1 unspecified atom stereocenters. The summed E-state index contributed by atoms with van der Waals surface area (Å²) < 4.78 is 10.3. The van der Waals surface area contributed by atoms with Crippen molar-refractivity contribution in [3.63, 3.8) is 0 Å². The highest BCUT2D eigenvalue weighted by atomic mass is 16.6. The smallest absolute Gasteiger partial charge is 0.404 e. The molecule has 0 radical (unpaired) electrons. The fourth-order valence-corrected chi connectivity index (χ4v) is 3.07. The Kier molecular flexibility index (Phi) is 19.1. The largest absolute Gasteiger partial charge is 0.448 e. The first-order chi connectivity index (χ1) is 15.3. The molecule has 0 rings (SSSR count). The van der Waals surface area contributed by atoms with Gasteiger partial charge in [0.1, 0.15) is 6.61 Å². The second kappa shape index (κ2) is 20.1. The number of amides is 2. The molecule has 0 spiro atoms. The van der Waals surface area contributed by atoms with Crippen LogP contribution in [0.2, 0.25) is 0 Å². The summed E-state index contributed by atoms with van der Waals surface area (Å²) in [6, 6.07) is -1.31. The van der Waals surface area contributed by atoms with Gasteiger partial charge >= 0.3 is 6.09 Å². The third-order valence-corrected chi connectivity index (χ3v) is 4.93. The van der Waals surface area contributed by atoms with Crippen molar-refractivity contribution < 1.29 is 24.2 Å². The molecule has 0 saturated heterocycles. The fraction of sp³-hybridized carbons (Fsp3) is 0.900. The summed E-state index contributed by atoms with van der Waals surface area (Å²) in [6.07, 6.45) is 4.36. The molecule has 4 atom stereocenters. The van der Waals surface area contributed by atoms with Crippen molar-refractivity contribution >= 4 is 12.0 Å². The van der Waals surface area contributed by atoms with Crippen molar-refractivity contribution in [1.29, 1.82) is 0 Å². The van der Waals surface area contributed by atoms with Crippen LogP contribution in [0, 0.1) is 0 Å². The van der Waals surface area contributed by atoms with Crippen molar-refractivity contribution in [2.75, 3.05) is 32.8 Å². The number of hydrogen-bond acceptors (Lipinski definition) is 10. The van der Waals surface area contributed by atoms with Gasteiger partial charge in [-0.15, -0.1) is 0 Å². The Balaban J connectivity index is 4.67. The zero-order valence-corrected chi connectivity index (χ0v) is 19.2. The predicted octanol–water partition coefficient (Wildman–Crippen LogP) is -1.47. The Bertz CT molecular complexity index is 487. The highest BCUT2D eigenvalue weighted by Crippen LogP contribution is 2.06. The van der Waals surface area contributed by atoms with Crippen LogP contribution in [0.25, 0.3) is 0 Å². The maximum absolute atomic E-state index is 12.4. The third kappa shape index (κ3) is 17.1. The molecule has 0 aliphatic rings. The van der Waals surface area contributed by atoms with Gasteiger partial charge in [0.25, 0.3) is 0 Å². The van der Waals surface area contributed by atoms with E-state index in [-0.39, 0.29) is 31.2 Å².